The topological polar surface area (TPSA) is 120 Å². The van der Waals surface area contributed by atoms with Gasteiger partial charge in [0, 0.05) is 18.9 Å². The zero-order valence-corrected chi connectivity index (χ0v) is 19.2. The predicted molar refractivity (Wildman–Crippen MR) is 112 cm³/mol. The van der Waals surface area contributed by atoms with Gasteiger partial charge in [-0.3, -0.25) is 18.6 Å². The third-order valence-electron chi connectivity index (χ3n) is 4.72. The van der Waals surface area contributed by atoms with E-state index < -0.39 is 32.5 Å². The molecule has 176 valence electrons. The number of ether oxygens (including phenoxy) is 2. The van der Waals surface area contributed by atoms with Crippen molar-refractivity contribution < 1.29 is 37.6 Å². The third-order valence-corrected chi connectivity index (χ3v) is 5.67. The van der Waals surface area contributed by atoms with E-state index in [4.69, 9.17) is 18.5 Å². The van der Waals surface area contributed by atoms with E-state index in [0.29, 0.717) is 6.42 Å². The normalized spacial score (nSPS) is 19.2. The largest absolute Gasteiger partial charge is 0.472 e. The van der Waals surface area contributed by atoms with Crippen LogP contribution in [0.5, 0.6) is 0 Å². The summed E-state index contributed by atoms with van der Waals surface area (Å²) in [6, 6.07) is 0.0188. The van der Waals surface area contributed by atoms with E-state index in [0.717, 1.165) is 51.5 Å². The number of nitrogens with one attached hydrogen (secondary N) is 1. The van der Waals surface area contributed by atoms with E-state index in [1.807, 2.05) is 13.8 Å². The van der Waals surface area contributed by atoms with Crippen LogP contribution in [0.1, 0.15) is 78.1 Å². The van der Waals surface area contributed by atoms with Crippen LogP contribution in [0.15, 0.2) is 0 Å². The standard InChI is InChI=1S/C20H38NO8P/c1-3-5-7-11-19(22)26-15-18(29-20(23)12-8-6-4-2)16-28-30(24,25)27-14-17-10-9-13-21-17/h17-18,21H,3-16H2,1-2H3,(H,24,25)/t17-,18-/m1/s1. The predicted octanol–water partition coefficient (Wildman–Crippen LogP) is 3.49. The Hall–Kier alpha value is -0.990. The van der Waals surface area contributed by atoms with E-state index in [2.05, 4.69) is 5.32 Å². The Morgan fingerprint density at radius 3 is 2.30 bits per heavy atom. The average Bonchev–Trinajstić information content (AvgIpc) is 3.23. The lowest BCUT2D eigenvalue weighted by atomic mass is 10.2. The lowest BCUT2D eigenvalue weighted by Crippen LogP contribution is -2.30. The van der Waals surface area contributed by atoms with E-state index in [1.165, 1.54) is 0 Å². The summed E-state index contributed by atoms with van der Waals surface area (Å²) in [6.45, 7) is 4.35. The van der Waals surface area contributed by atoms with Gasteiger partial charge < -0.3 is 19.7 Å². The Kier molecular flexibility index (Phi) is 14.2. The minimum absolute atomic E-state index is 0.0188. The van der Waals surface area contributed by atoms with Crippen molar-refractivity contribution in [3.63, 3.8) is 0 Å². The molecule has 30 heavy (non-hydrogen) atoms. The van der Waals surface area contributed by atoms with E-state index in [1.54, 1.807) is 0 Å². The minimum Gasteiger partial charge on any atom is -0.462 e. The second kappa shape index (κ2) is 15.8. The molecular weight excluding hydrogens is 413 g/mol. The molecular formula is C20H38NO8P. The number of esters is 2. The summed E-state index contributed by atoms with van der Waals surface area (Å²) >= 11 is 0. The molecule has 0 saturated carbocycles. The Balaban J connectivity index is 2.47. The Labute approximate surface area is 179 Å². The highest BCUT2D eigenvalue weighted by Crippen LogP contribution is 2.43. The van der Waals surface area contributed by atoms with Crippen molar-refractivity contribution in [3.05, 3.63) is 0 Å². The number of phosphoric acid groups is 1. The van der Waals surface area contributed by atoms with Gasteiger partial charge in [0.05, 0.1) is 13.2 Å². The van der Waals surface area contributed by atoms with Crippen molar-refractivity contribution in [2.45, 2.75) is 90.2 Å². The Morgan fingerprint density at radius 1 is 1.03 bits per heavy atom. The molecule has 0 aromatic rings. The molecule has 0 aliphatic carbocycles. The zero-order chi connectivity index (χ0) is 22.2. The smallest absolute Gasteiger partial charge is 0.462 e. The molecule has 9 nitrogen and oxygen atoms in total. The van der Waals surface area contributed by atoms with Gasteiger partial charge in [-0.15, -0.1) is 0 Å². The third kappa shape index (κ3) is 13.3. The minimum atomic E-state index is -4.31. The highest BCUT2D eigenvalue weighted by Gasteiger charge is 2.28. The molecule has 3 atom stereocenters. The fraction of sp³-hybridized carbons (Fsp3) is 0.900. The molecule has 1 aliphatic heterocycles. The first kappa shape index (κ1) is 27.0. The molecule has 0 bridgehead atoms. The Morgan fingerprint density at radius 2 is 1.70 bits per heavy atom. The van der Waals surface area contributed by atoms with Gasteiger partial charge in [0.1, 0.15) is 6.61 Å². The number of hydrogen-bond acceptors (Lipinski definition) is 8. The quantitative estimate of drug-likeness (QED) is 0.194. The number of carbonyl (C=O) groups is 2. The van der Waals surface area contributed by atoms with Crippen molar-refractivity contribution >= 4 is 19.8 Å². The van der Waals surface area contributed by atoms with Crippen LogP contribution >= 0.6 is 7.82 Å². The first-order chi connectivity index (χ1) is 14.4. The summed E-state index contributed by atoms with van der Waals surface area (Å²) in [7, 11) is -4.31. The second-order valence-electron chi connectivity index (χ2n) is 7.56. The van der Waals surface area contributed by atoms with Gasteiger partial charge in [-0.25, -0.2) is 4.57 Å². The van der Waals surface area contributed by atoms with Crippen LogP contribution in [0.4, 0.5) is 0 Å². The first-order valence-electron chi connectivity index (χ1n) is 11.1. The fourth-order valence-electron chi connectivity index (χ4n) is 2.96. The number of phosphoric ester groups is 1. The zero-order valence-electron chi connectivity index (χ0n) is 18.3. The summed E-state index contributed by atoms with van der Waals surface area (Å²) < 4.78 is 32.6. The first-order valence-corrected chi connectivity index (χ1v) is 12.6. The number of rotatable bonds is 17. The molecule has 1 unspecified atom stereocenters. The van der Waals surface area contributed by atoms with Crippen LogP contribution < -0.4 is 5.32 Å². The summed E-state index contributed by atoms with van der Waals surface area (Å²) in [6.07, 6.45) is 6.60. The van der Waals surface area contributed by atoms with Gasteiger partial charge in [-0.2, -0.15) is 0 Å². The maximum atomic E-state index is 12.1. The highest BCUT2D eigenvalue weighted by molar-refractivity contribution is 7.47. The molecule has 0 radical (unpaired) electrons. The lowest BCUT2D eigenvalue weighted by Gasteiger charge is -2.20. The summed E-state index contributed by atoms with van der Waals surface area (Å²) in [5, 5.41) is 3.16. The SMILES string of the molecule is CCCCCC(=O)OC[C@H](COP(=O)(O)OC[C@H]1CCCN1)OC(=O)CCCCC. The van der Waals surface area contributed by atoms with Crippen molar-refractivity contribution in [2.24, 2.45) is 0 Å². The molecule has 0 aromatic heterocycles. The maximum absolute atomic E-state index is 12.1. The van der Waals surface area contributed by atoms with Gasteiger partial charge >= 0.3 is 19.8 Å². The van der Waals surface area contributed by atoms with Gasteiger partial charge in [-0.05, 0) is 32.2 Å². The van der Waals surface area contributed by atoms with E-state index in [9.17, 15) is 19.0 Å². The van der Waals surface area contributed by atoms with Gasteiger partial charge in [0.2, 0.25) is 0 Å². The molecule has 1 heterocycles. The van der Waals surface area contributed by atoms with Crippen molar-refractivity contribution in [1.82, 2.24) is 5.32 Å². The summed E-state index contributed by atoms with van der Waals surface area (Å²) in [5.41, 5.74) is 0. The molecule has 10 heteroatoms. The van der Waals surface area contributed by atoms with Gasteiger partial charge in [-0.1, -0.05) is 39.5 Å². The number of unbranched alkanes of at least 4 members (excludes halogenated alkanes) is 4. The molecule has 1 aliphatic rings. The summed E-state index contributed by atoms with van der Waals surface area (Å²) in [4.78, 5) is 33.7. The van der Waals surface area contributed by atoms with Gasteiger partial charge in [0.15, 0.2) is 6.10 Å². The average molecular weight is 451 g/mol. The molecule has 0 spiro atoms. The maximum Gasteiger partial charge on any atom is 0.472 e. The monoisotopic (exact) mass is 451 g/mol. The van der Waals surface area contributed by atoms with Crippen LogP contribution in [0, 0.1) is 0 Å². The van der Waals surface area contributed by atoms with Gasteiger partial charge in [0.25, 0.3) is 0 Å². The molecule has 1 saturated heterocycles. The second-order valence-corrected chi connectivity index (χ2v) is 9.02. The number of carbonyl (C=O) groups excluding carboxylic acids is 2. The van der Waals surface area contributed by atoms with Crippen LogP contribution in [-0.4, -0.2) is 55.3 Å². The van der Waals surface area contributed by atoms with Crippen LogP contribution in [-0.2, 0) is 32.7 Å². The molecule has 0 aromatic carbocycles. The van der Waals surface area contributed by atoms with E-state index in [-0.39, 0.29) is 32.1 Å². The summed E-state index contributed by atoms with van der Waals surface area (Å²) in [5.74, 6) is -0.853. The molecule has 1 fully saturated rings. The number of hydrogen-bond donors (Lipinski definition) is 2. The molecule has 2 N–H and O–H groups in total. The molecule has 0 amide bonds. The Bertz CT molecular complexity index is 539. The van der Waals surface area contributed by atoms with Crippen molar-refractivity contribution in [3.8, 4) is 0 Å². The lowest BCUT2D eigenvalue weighted by molar-refractivity contribution is -0.161. The van der Waals surface area contributed by atoms with Crippen LogP contribution in [0.2, 0.25) is 0 Å². The fourth-order valence-corrected chi connectivity index (χ4v) is 3.75. The molecule has 1 rings (SSSR count). The highest BCUT2D eigenvalue weighted by atomic mass is 31.2. The van der Waals surface area contributed by atoms with Crippen LogP contribution in [0.3, 0.4) is 0 Å². The van der Waals surface area contributed by atoms with Crippen LogP contribution in [0.25, 0.3) is 0 Å². The van der Waals surface area contributed by atoms with Crippen molar-refractivity contribution in [1.29, 1.82) is 0 Å². The van der Waals surface area contributed by atoms with E-state index >= 15 is 0 Å². The van der Waals surface area contributed by atoms with Crippen molar-refractivity contribution in [2.75, 3.05) is 26.4 Å².